The number of nitrogens with zero attached hydrogens (tertiary/aromatic N) is 1. The highest BCUT2D eigenvalue weighted by atomic mass is 32.2. The van der Waals surface area contributed by atoms with Gasteiger partial charge in [0.25, 0.3) is 0 Å². The molecule has 1 aromatic carbocycles. The number of aryl methyl sites for hydroxylation is 2. The van der Waals surface area contributed by atoms with Gasteiger partial charge in [0, 0.05) is 23.8 Å². The lowest BCUT2D eigenvalue weighted by Gasteiger charge is -2.38. The van der Waals surface area contributed by atoms with Crippen molar-refractivity contribution in [3.05, 3.63) is 35.1 Å². The van der Waals surface area contributed by atoms with Gasteiger partial charge in [0.1, 0.15) is 5.82 Å². The van der Waals surface area contributed by atoms with Crippen LogP contribution in [0.15, 0.2) is 18.2 Å². The molecule has 2 fully saturated rings. The highest BCUT2D eigenvalue weighted by Gasteiger charge is 2.42. The normalized spacial score (nSPS) is 27.2. The zero-order valence-corrected chi connectivity index (χ0v) is 14.2. The molecule has 3 rings (SSSR count). The minimum Gasteiger partial charge on any atom is -0.337 e. The summed E-state index contributed by atoms with van der Waals surface area (Å²) < 4.78 is 13.3. The van der Waals surface area contributed by atoms with E-state index in [2.05, 4.69) is 11.2 Å². The number of rotatable bonds is 4. The zero-order valence-electron chi connectivity index (χ0n) is 13.3. The molecular weight excluding hydrogens is 297 g/mol. The van der Waals surface area contributed by atoms with Crippen molar-refractivity contribution >= 4 is 17.7 Å². The molecule has 2 heterocycles. The Morgan fingerprint density at radius 1 is 1.32 bits per heavy atom. The third-order valence-electron chi connectivity index (χ3n) is 5.16. The van der Waals surface area contributed by atoms with Crippen molar-refractivity contribution in [1.82, 2.24) is 4.90 Å². The summed E-state index contributed by atoms with van der Waals surface area (Å²) in [5.74, 6) is 0.112. The van der Waals surface area contributed by atoms with Crippen molar-refractivity contribution in [3.8, 4) is 0 Å². The molecule has 0 N–H and O–H groups in total. The number of halogens is 1. The summed E-state index contributed by atoms with van der Waals surface area (Å²) in [5.41, 5.74) is 1.71. The number of amides is 1. The second-order valence-electron chi connectivity index (χ2n) is 6.60. The number of piperidine rings is 1. The summed E-state index contributed by atoms with van der Waals surface area (Å²) in [5, 5.41) is 0.723. The van der Waals surface area contributed by atoms with Crippen LogP contribution in [0, 0.1) is 12.7 Å². The number of thioether (sulfide) groups is 1. The average molecular weight is 321 g/mol. The number of fused-ring (bicyclic) bond motifs is 2. The first-order chi connectivity index (χ1) is 10.6. The van der Waals surface area contributed by atoms with E-state index < -0.39 is 0 Å². The molecule has 2 aliphatic rings. The van der Waals surface area contributed by atoms with Gasteiger partial charge < -0.3 is 4.90 Å². The third kappa shape index (κ3) is 3.17. The summed E-state index contributed by atoms with van der Waals surface area (Å²) in [7, 11) is 0. The molecule has 2 aliphatic heterocycles. The summed E-state index contributed by atoms with van der Waals surface area (Å²) in [4.78, 5) is 14.8. The Hall–Kier alpha value is -1.03. The maximum Gasteiger partial charge on any atom is 0.223 e. The van der Waals surface area contributed by atoms with Crippen LogP contribution in [0.5, 0.6) is 0 Å². The molecule has 1 aromatic rings. The fraction of sp³-hybridized carbons (Fsp3) is 0.611. The number of carbonyl (C=O) groups is 1. The molecule has 0 aromatic heterocycles. The molecule has 4 heteroatoms. The van der Waals surface area contributed by atoms with Crippen molar-refractivity contribution in [1.29, 1.82) is 0 Å². The number of carbonyl (C=O) groups excluding carboxylic acids is 1. The minimum atomic E-state index is -0.174. The molecule has 0 aliphatic carbocycles. The number of hydrogen-bond donors (Lipinski definition) is 0. The molecule has 2 saturated heterocycles. The Morgan fingerprint density at radius 3 is 2.59 bits per heavy atom. The molecule has 22 heavy (non-hydrogen) atoms. The van der Waals surface area contributed by atoms with E-state index in [0.717, 1.165) is 23.7 Å². The van der Waals surface area contributed by atoms with E-state index in [1.165, 1.54) is 18.9 Å². The monoisotopic (exact) mass is 321 g/mol. The molecule has 1 unspecified atom stereocenters. The van der Waals surface area contributed by atoms with Crippen LogP contribution in [0.25, 0.3) is 0 Å². The molecular formula is C18H24FNOS. The van der Waals surface area contributed by atoms with Gasteiger partial charge in [-0.2, -0.15) is 11.8 Å². The first-order valence-corrected chi connectivity index (χ1v) is 9.46. The molecule has 1 amide bonds. The summed E-state index contributed by atoms with van der Waals surface area (Å²) in [6, 6.07) is 6.07. The summed E-state index contributed by atoms with van der Waals surface area (Å²) >= 11 is 1.95. The smallest absolute Gasteiger partial charge is 0.223 e. The van der Waals surface area contributed by atoms with Gasteiger partial charge in [0.2, 0.25) is 5.91 Å². The van der Waals surface area contributed by atoms with Crippen LogP contribution in [0.4, 0.5) is 4.39 Å². The van der Waals surface area contributed by atoms with Crippen molar-refractivity contribution in [3.63, 3.8) is 0 Å². The van der Waals surface area contributed by atoms with E-state index in [4.69, 9.17) is 0 Å². The maximum absolute atomic E-state index is 13.3. The molecule has 0 spiro atoms. The number of hydrogen-bond acceptors (Lipinski definition) is 2. The van der Waals surface area contributed by atoms with Crippen LogP contribution in [0.3, 0.4) is 0 Å². The molecule has 2 nitrogen and oxygen atoms in total. The van der Waals surface area contributed by atoms with E-state index in [1.807, 2.05) is 17.8 Å². The predicted molar refractivity (Wildman–Crippen MR) is 89.7 cm³/mol. The quantitative estimate of drug-likeness (QED) is 0.837. The van der Waals surface area contributed by atoms with Gasteiger partial charge in [0.15, 0.2) is 0 Å². The van der Waals surface area contributed by atoms with Gasteiger partial charge in [-0.1, -0.05) is 12.1 Å². The largest absolute Gasteiger partial charge is 0.337 e. The van der Waals surface area contributed by atoms with Crippen molar-refractivity contribution < 1.29 is 9.18 Å². The minimum absolute atomic E-state index is 0.174. The lowest BCUT2D eigenvalue weighted by molar-refractivity contribution is -0.135. The maximum atomic E-state index is 13.3. The van der Waals surface area contributed by atoms with Crippen LogP contribution in [-0.4, -0.2) is 34.4 Å². The first-order valence-electron chi connectivity index (χ1n) is 8.17. The topological polar surface area (TPSA) is 20.3 Å². The molecule has 0 radical (unpaired) electrons. The third-order valence-corrected chi connectivity index (χ3v) is 6.21. The SMILES string of the molecule is CSC1C[C@H]2CC[C@@H](C1)N2C(=O)CCc1ccc(F)c(C)c1. The summed E-state index contributed by atoms with van der Waals surface area (Å²) in [6.45, 7) is 1.77. The standard InChI is InChI=1S/C18H24FNOS/c1-12-9-13(3-7-17(12)19)4-8-18(21)20-14-5-6-15(20)11-16(10-14)22-2/h3,7,9,14-16H,4-6,8,10-11H2,1-2H3/t14-,15+,16?. The Kier molecular flexibility index (Phi) is 4.76. The summed E-state index contributed by atoms with van der Waals surface area (Å²) in [6.07, 6.45) is 8.08. The Balaban J connectivity index is 1.59. The lowest BCUT2D eigenvalue weighted by Crippen LogP contribution is -2.47. The van der Waals surface area contributed by atoms with Gasteiger partial charge in [-0.25, -0.2) is 4.39 Å². The van der Waals surface area contributed by atoms with Crippen LogP contribution >= 0.6 is 11.8 Å². The predicted octanol–water partition coefficient (Wildman–Crippen LogP) is 3.95. The fourth-order valence-corrected chi connectivity index (χ4v) is 4.80. The molecule has 3 atom stereocenters. The van der Waals surface area contributed by atoms with Crippen LogP contribution < -0.4 is 0 Å². The van der Waals surface area contributed by atoms with E-state index in [1.54, 1.807) is 13.0 Å². The van der Waals surface area contributed by atoms with Gasteiger partial charge in [-0.15, -0.1) is 0 Å². The molecule has 0 saturated carbocycles. The van der Waals surface area contributed by atoms with E-state index in [-0.39, 0.29) is 11.7 Å². The van der Waals surface area contributed by atoms with Gasteiger partial charge in [0.05, 0.1) is 0 Å². The second-order valence-corrected chi connectivity index (χ2v) is 7.74. The lowest BCUT2D eigenvalue weighted by atomic mass is 10.0. The second kappa shape index (κ2) is 6.61. The van der Waals surface area contributed by atoms with E-state index in [0.29, 0.717) is 30.5 Å². The Bertz CT molecular complexity index is 548. The van der Waals surface area contributed by atoms with Crippen LogP contribution in [0.1, 0.15) is 43.2 Å². The van der Waals surface area contributed by atoms with Crippen LogP contribution in [-0.2, 0) is 11.2 Å². The van der Waals surface area contributed by atoms with Crippen molar-refractivity contribution in [2.75, 3.05) is 6.26 Å². The van der Waals surface area contributed by atoms with Crippen LogP contribution in [0.2, 0.25) is 0 Å². The van der Waals surface area contributed by atoms with E-state index in [9.17, 15) is 9.18 Å². The van der Waals surface area contributed by atoms with Gasteiger partial charge in [-0.05, 0) is 62.5 Å². The Labute approximate surface area is 136 Å². The highest BCUT2D eigenvalue weighted by molar-refractivity contribution is 7.99. The van der Waals surface area contributed by atoms with E-state index >= 15 is 0 Å². The van der Waals surface area contributed by atoms with Crippen molar-refractivity contribution in [2.24, 2.45) is 0 Å². The fourth-order valence-electron chi connectivity index (χ4n) is 3.97. The number of benzene rings is 1. The van der Waals surface area contributed by atoms with Crippen molar-refractivity contribution in [2.45, 2.75) is 62.8 Å². The molecule has 2 bridgehead atoms. The van der Waals surface area contributed by atoms with Gasteiger partial charge >= 0.3 is 0 Å². The highest BCUT2D eigenvalue weighted by Crippen LogP contribution is 2.39. The van der Waals surface area contributed by atoms with Gasteiger partial charge in [-0.3, -0.25) is 4.79 Å². The first kappa shape index (κ1) is 15.9. The average Bonchev–Trinajstić information content (AvgIpc) is 2.78. The molecule has 120 valence electrons. The zero-order chi connectivity index (χ0) is 15.7. The Morgan fingerprint density at radius 2 is 2.00 bits per heavy atom.